The molecule has 0 atom stereocenters. The van der Waals surface area contributed by atoms with E-state index >= 15 is 0 Å². The van der Waals surface area contributed by atoms with E-state index in [1.165, 1.54) is 12.4 Å². The Labute approximate surface area is 120 Å². The molecule has 0 aliphatic carbocycles. The number of nitrogens with zero attached hydrogens (tertiary/aromatic N) is 5. The maximum Gasteiger partial charge on any atom is 0.273 e. The van der Waals surface area contributed by atoms with Gasteiger partial charge < -0.3 is 4.90 Å². The number of rotatable bonds is 4. The number of anilines is 1. The maximum absolute atomic E-state index is 10.9. The van der Waals surface area contributed by atoms with Crippen LogP contribution in [0.5, 0.6) is 0 Å². The number of hydrogen-bond acceptors (Lipinski definition) is 5. The highest BCUT2D eigenvalue weighted by molar-refractivity contribution is 6.33. The van der Waals surface area contributed by atoms with Crippen molar-refractivity contribution >= 4 is 23.0 Å². The van der Waals surface area contributed by atoms with E-state index in [2.05, 4.69) is 10.1 Å². The molecule has 0 N–H and O–H groups in total. The van der Waals surface area contributed by atoms with Crippen molar-refractivity contribution in [2.75, 3.05) is 11.9 Å². The van der Waals surface area contributed by atoms with Crippen LogP contribution in [-0.2, 0) is 13.6 Å². The SMILES string of the molecule is Cc1cc(N(C)Cc2ncnn2C)c(Cl)cc1[N+](=O)[O-]. The first-order valence-electron chi connectivity index (χ1n) is 5.88. The molecule has 2 aromatic rings. The van der Waals surface area contributed by atoms with Gasteiger partial charge in [-0.3, -0.25) is 14.8 Å². The summed E-state index contributed by atoms with van der Waals surface area (Å²) < 4.78 is 1.67. The molecule has 1 aromatic carbocycles. The van der Waals surface area contributed by atoms with Crippen LogP contribution in [0.2, 0.25) is 5.02 Å². The fourth-order valence-electron chi connectivity index (χ4n) is 1.91. The summed E-state index contributed by atoms with van der Waals surface area (Å²) in [6.07, 6.45) is 1.48. The zero-order chi connectivity index (χ0) is 14.9. The Morgan fingerprint density at radius 3 is 2.75 bits per heavy atom. The molecule has 0 saturated heterocycles. The van der Waals surface area contributed by atoms with Gasteiger partial charge in [0.15, 0.2) is 0 Å². The molecule has 0 spiro atoms. The minimum absolute atomic E-state index is 0.0193. The van der Waals surface area contributed by atoms with Gasteiger partial charge in [-0.2, -0.15) is 5.10 Å². The van der Waals surface area contributed by atoms with Crippen molar-refractivity contribution < 1.29 is 4.92 Å². The third-order valence-corrected chi connectivity index (χ3v) is 3.36. The van der Waals surface area contributed by atoms with E-state index in [4.69, 9.17) is 11.6 Å². The van der Waals surface area contributed by atoms with Crippen LogP contribution in [0.4, 0.5) is 11.4 Å². The normalized spacial score (nSPS) is 10.6. The molecule has 0 fully saturated rings. The van der Waals surface area contributed by atoms with E-state index in [1.807, 2.05) is 11.9 Å². The Kier molecular flexibility index (Phi) is 3.89. The molecule has 106 valence electrons. The molecule has 0 amide bonds. The van der Waals surface area contributed by atoms with Gasteiger partial charge in [0.25, 0.3) is 5.69 Å². The highest BCUT2D eigenvalue weighted by atomic mass is 35.5. The summed E-state index contributed by atoms with van der Waals surface area (Å²) in [6.45, 7) is 2.20. The van der Waals surface area contributed by atoms with Crippen molar-refractivity contribution in [2.45, 2.75) is 13.5 Å². The van der Waals surface area contributed by atoms with Crippen molar-refractivity contribution in [3.05, 3.63) is 45.0 Å². The number of halogens is 1. The number of nitro groups is 1. The lowest BCUT2D eigenvalue weighted by molar-refractivity contribution is -0.385. The third kappa shape index (κ3) is 2.72. The predicted octanol–water partition coefficient (Wildman–Crippen LogP) is 2.32. The number of aromatic nitrogens is 3. The van der Waals surface area contributed by atoms with E-state index < -0.39 is 4.92 Å². The molecule has 0 radical (unpaired) electrons. The zero-order valence-electron chi connectivity index (χ0n) is 11.4. The molecule has 2 rings (SSSR count). The number of benzene rings is 1. The van der Waals surface area contributed by atoms with E-state index in [-0.39, 0.29) is 5.69 Å². The van der Waals surface area contributed by atoms with Gasteiger partial charge in [0.05, 0.1) is 22.2 Å². The minimum Gasteiger partial charge on any atom is -0.366 e. The molecule has 0 aliphatic heterocycles. The fourth-order valence-corrected chi connectivity index (χ4v) is 2.21. The van der Waals surface area contributed by atoms with Crippen LogP contribution in [0.25, 0.3) is 0 Å². The zero-order valence-corrected chi connectivity index (χ0v) is 12.1. The van der Waals surface area contributed by atoms with Crippen molar-refractivity contribution in [3.8, 4) is 0 Å². The minimum atomic E-state index is -0.437. The second kappa shape index (κ2) is 5.46. The lowest BCUT2D eigenvalue weighted by Crippen LogP contribution is -2.20. The highest BCUT2D eigenvalue weighted by Crippen LogP contribution is 2.32. The second-order valence-electron chi connectivity index (χ2n) is 4.50. The van der Waals surface area contributed by atoms with Gasteiger partial charge in [-0.1, -0.05) is 11.6 Å². The van der Waals surface area contributed by atoms with Crippen LogP contribution in [0.3, 0.4) is 0 Å². The first-order valence-corrected chi connectivity index (χ1v) is 6.26. The van der Waals surface area contributed by atoms with Crippen LogP contribution in [0.15, 0.2) is 18.5 Å². The Morgan fingerprint density at radius 2 is 2.20 bits per heavy atom. The van der Waals surface area contributed by atoms with Gasteiger partial charge in [0.2, 0.25) is 0 Å². The van der Waals surface area contributed by atoms with Crippen LogP contribution in [0.1, 0.15) is 11.4 Å². The topological polar surface area (TPSA) is 77.1 Å². The van der Waals surface area contributed by atoms with Gasteiger partial charge in [0.1, 0.15) is 12.2 Å². The van der Waals surface area contributed by atoms with Gasteiger partial charge >= 0.3 is 0 Å². The molecule has 1 aromatic heterocycles. The number of hydrogen-bond donors (Lipinski definition) is 0. The summed E-state index contributed by atoms with van der Waals surface area (Å²) in [6, 6.07) is 3.08. The Morgan fingerprint density at radius 1 is 1.50 bits per heavy atom. The van der Waals surface area contributed by atoms with Gasteiger partial charge in [-0.05, 0) is 13.0 Å². The van der Waals surface area contributed by atoms with Crippen molar-refractivity contribution in [2.24, 2.45) is 7.05 Å². The molecular weight excluding hydrogens is 282 g/mol. The molecule has 1 heterocycles. The third-order valence-electron chi connectivity index (χ3n) is 3.06. The molecule has 0 aliphatic rings. The fraction of sp³-hybridized carbons (Fsp3) is 0.333. The average molecular weight is 296 g/mol. The summed E-state index contributed by atoms with van der Waals surface area (Å²) in [5, 5.41) is 15.2. The van der Waals surface area contributed by atoms with E-state index in [1.54, 1.807) is 24.7 Å². The maximum atomic E-state index is 10.9. The molecular formula is C12H14ClN5O2. The summed E-state index contributed by atoms with van der Waals surface area (Å²) in [4.78, 5) is 16.4. The quantitative estimate of drug-likeness (QED) is 0.639. The average Bonchev–Trinajstić information content (AvgIpc) is 2.77. The Hall–Kier alpha value is -2.15. The standard InChI is InChI=1S/C12H14ClN5O2/c1-8-4-11(9(13)5-10(8)18(19)20)16(2)6-12-14-7-15-17(12)3/h4-5,7H,6H2,1-3H3. The van der Waals surface area contributed by atoms with Crippen molar-refractivity contribution in [3.63, 3.8) is 0 Å². The summed E-state index contributed by atoms with van der Waals surface area (Å²) in [7, 11) is 3.65. The molecule has 0 saturated carbocycles. The van der Waals surface area contributed by atoms with Crippen molar-refractivity contribution in [1.29, 1.82) is 0 Å². The highest BCUT2D eigenvalue weighted by Gasteiger charge is 2.17. The van der Waals surface area contributed by atoms with Crippen LogP contribution < -0.4 is 4.90 Å². The lowest BCUT2D eigenvalue weighted by atomic mass is 10.1. The second-order valence-corrected chi connectivity index (χ2v) is 4.91. The Balaban J connectivity index is 2.31. The van der Waals surface area contributed by atoms with Crippen molar-refractivity contribution in [1.82, 2.24) is 14.8 Å². The Bertz CT molecular complexity index is 655. The number of aryl methyl sites for hydroxylation is 2. The van der Waals surface area contributed by atoms with Gasteiger partial charge in [0, 0.05) is 25.7 Å². The van der Waals surface area contributed by atoms with E-state index in [0.29, 0.717) is 17.1 Å². The molecule has 0 unspecified atom stereocenters. The number of nitro benzene ring substituents is 1. The van der Waals surface area contributed by atoms with E-state index in [0.717, 1.165) is 11.5 Å². The summed E-state index contributed by atoms with van der Waals surface area (Å²) >= 11 is 6.13. The largest absolute Gasteiger partial charge is 0.366 e. The first-order chi connectivity index (χ1) is 9.40. The molecule has 7 nitrogen and oxygen atoms in total. The molecule has 8 heteroatoms. The lowest BCUT2D eigenvalue weighted by Gasteiger charge is -2.20. The van der Waals surface area contributed by atoms with Gasteiger partial charge in [-0.25, -0.2) is 4.98 Å². The van der Waals surface area contributed by atoms with E-state index in [9.17, 15) is 10.1 Å². The van der Waals surface area contributed by atoms with Gasteiger partial charge in [-0.15, -0.1) is 0 Å². The summed E-state index contributed by atoms with van der Waals surface area (Å²) in [5.74, 6) is 0.777. The molecule has 20 heavy (non-hydrogen) atoms. The van der Waals surface area contributed by atoms with Crippen LogP contribution >= 0.6 is 11.6 Å². The van der Waals surface area contributed by atoms with Crippen LogP contribution in [-0.4, -0.2) is 26.7 Å². The first kappa shape index (κ1) is 14.3. The summed E-state index contributed by atoms with van der Waals surface area (Å²) in [5.41, 5.74) is 1.31. The monoisotopic (exact) mass is 295 g/mol. The predicted molar refractivity (Wildman–Crippen MR) is 76.0 cm³/mol. The smallest absolute Gasteiger partial charge is 0.273 e. The molecule has 0 bridgehead atoms. The van der Waals surface area contributed by atoms with Crippen LogP contribution in [0, 0.1) is 17.0 Å².